The molecule has 0 spiro atoms. The first-order valence-electron chi connectivity index (χ1n) is 16.8. The summed E-state index contributed by atoms with van der Waals surface area (Å²) in [6.07, 6.45) is 12.0. The maximum absolute atomic E-state index is 7.05. The Morgan fingerprint density at radius 1 is 0.718 bits per heavy atom. The molecule has 0 amide bonds. The van der Waals surface area contributed by atoms with E-state index in [1.54, 1.807) is 18.9 Å². The Balaban J connectivity index is 5.53. The third-order valence-corrected chi connectivity index (χ3v) is 35.0. The van der Waals surface area contributed by atoms with E-state index in [-0.39, 0.29) is 10.1 Å². The molecule has 0 aliphatic carbocycles. The van der Waals surface area contributed by atoms with Crippen molar-refractivity contribution in [1.82, 2.24) is 0 Å². The molecule has 5 heteroatoms. The van der Waals surface area contributed by atoms with Gasteiger partial charge in [-0.15, -0.1) is 0 Å². The molecule has 234 valence electrons. The molecular weight excluding hydrogens is 615 g/mol. The van der Waals surface area contributed by atoms with Crippen molar-refractivity contribution >= 4 is 35.0 Å². The molecule has 39 heavy (non-hydrogen) atoms. The molecule has 0 radical (unpaired) electrons. The van der Waals surface area contributed by atoms with E-state index in [0.29, 0.717) is 12.0 Å². The predicted octanol–water partition coefficient (Wildman–Crippen LogP) is 12.6. The number of unbranched alkanes of at least 4 members (excludes halogenated alkanes) is 3. The predicted molar refractivity (Wildman–Crippen MR) is 187 cm³/mol. The van der Waals surface area contributed by atoms with Crippen LogP contribution in [0.2, 0.25) is 54.0 Å². The summed E-state index contributed by atoms with van der Waals surface area (Å²) in [5, 5.41) is 0.480. The second-order valence-electron chi connectivity index (χ2n) is 16.0. The molecule has 0 fully saturated rings. The molecule has 0 bridgehead atoms. The molecule has 0 rings (SSSR count). The van der Waals surface area contributed by atoms with Gasteiger partial charge in [0.15, 0.2) is 0 Å². The van der Waals surface area contributed by atoms with Crippen LogP contribution in [0.5, 0.6) is 0 Å². The maximum atomic E-state index is 7.05. The van der Waals surface area contributed by atoms with E-state index in [0.717, 1.165) is 19.4 Å². The van der Waals surface area contributed by atoms with Crippen LogP contribution in [0.4, 0.5) is 0 Å². The van der Waals surface area contributed by atoms with E-state index in [2.05, 4.69) is 95.4 Å². The first kappa shape index (κ1) is 39.9. The van der Waals surface area contributed by atoms with Crippen LogP contribution in [-0.4, -0.2) is 47.7 Å². The molecular formula is C34H74O2Si2Sn. The van der Waals surface area contributed by atoms with Gasteiger partial charge in [0.25, 0.3) is 0 Å². The van der Waals surface area contributed by atoms with Crippen LogP contribution in [0.25, 0.3) is 0 Å². The first-order chi connectivity index (χ1) is 17.8. The number of rotatable bonds is 21. The van der Waals surface area contributed by atoms with E-state index < -0.39 is 35.0 Å². The summed E-state index contributed by atoms with van der Waals surface area (Å²) in [6.45, 7) is 38.9. The zero-order chi connectivity index (χ0) is 30.5. The summed E-state index contributed by atoms with van der Waals surface area (Å²) >= 11 is -2.21. The molecule has 0 aliphatic rings. The topological polar surface area (TPSA) is 18.5 Å². The average molecular weight is 690 g/mol. The van der Waals surface area contributed by atoms with Crippen molar-refractivity contribution < 1.29 is 8.85 Å². The fourth-order valence-electron chi connectivity index (χ4n) is 5.11. The van der Waals surface area contributed by atoms with Crippen LogP contribution < -0.4 is 0 Å². The van der Waals surface area contributed by atoms with Crippen molar-refractivity contribution in [3.8, 4) is 0 Å². The molecule has 0 saturated heterocycles. The van der Waals surface area contributed by atoms with Crippen LogP contribution >= 0.6 is 0 Å². The molecule has 0 aromatic heterocycles. The van der Waals surface area contributed by atoms with Gasteiger partial charge in [-0.1, -0.05) is 0 Å². The molecule has 0 aliphatic heterocycles. The number of allylic oxidation sites excluding steroid dienone is 1. The normalized spacial score (nSPS) is 15.4. The molecule has 0 aromatic rings. The standard InChI is InChI=1S/C22H47O2Si2.3C4H9.Sn/c1-18(2)19(3)14-15-20(24-26(12,13)22(7,8)9)16-17-23-25(10,11)21(4,5)6;3*1-3-4-2;/h19-20H,1-2,14-17H2,3-13H3;3*1,3-4H2,2H3;/t19-,20-;;;;/m0..../s1. The van der Waals surface area contributed by atoms with E-state index in [1.165, 1.54) is 49.4 Å². The minimum atomic E-state index is -2.21. The molecule has 0 heterocycles. The van der Waals surface area contributed by atoms with Crippen LogP contribution in [0.15, 0.2) is 12.2 Å². The van der Waals surface area contributed by atoms with Crippen LogP contribution in [0.3, 0.4) is 0 Å². The summed E-state index contributed by atoms with van der Waals surface area (Å²) in [7, 11) is -3.58. The van der Waals surface area contributed by atoms with Gasteiger partial charge in [0.05, 0.1) is 0 Å². The molecule has 0 unspecified atom stereocenters. The van der Waals surface area contributed by atoms with Gasteiger partial charge in [0.1, 0.15) is 0 Å². The molecule has 2 atom stereocenters. The zero-order valence-electron chi connectivity index (χ0n) is 29.6. The van der Waals surface area contributed by atoms with Crippen LogP contribution in [-0.2, 0) is 8.85 Å². The van der Waals surface area contributed by atoms with E-state index >= 15 is 0 Å². The van der Waals surface area contributed by atoms with E-state index in [4.69, 9.17) is 15.4 Å². The zero-order valence-corrected chi connectivity index (χ0v) is 34.4. The van der Waals surface area contributed by atoms with Crippen LogP contribution in [0.1, 0.15) is 127 Å². The summed E-state index contributed by atoms with van der Waals surface area (Å²) < 4.78 is 19.8. The number of hydrogen-bond acceptors (Lipinski definition) is 2. The van der Waals surface area contributed by atoms with Crippen molar-refractivity contribution in [2.24, 2.45) is 5.92 Å². The molecule has 2 nitrogen and oxygen atoms in total. The Morgan fingerprint density at radius 3 is 1.54 bits per heavy atom. The summed E-state index contributed by atoms with van der Waals surface area (Å²) in [5.41, 5.74) is 1.58. The quantitative estimate of drug-likeness (QED) is 0.0882. The van der Waals surface area contributed by atoms with Crippen molar-refractivity contribution in [2.75, 3.05) is 6.61 Å². The monoisotopic (exact) mass is 690 g/mol. The molecule has 0 N–H and O–H groups in total. The van der Waals surface area contributed by atoms with Crippen molar-refractivity contribution in [3.63, 3.8) is 0 Å². The van der Waals surface area contributed by atoms with Crippen LogP contribution in [0, 0.1) is 5.92 Å². The Morgan fingerprint density at radius 2 is 1.15 bits per heavy atom. The van der Waals surface area contributed by atoms with Crippen molar-refractivity contribution in [3.05, 3.63) is 12.2 Å². The van der Waals surface area contributed by atoms with Gasteiger partial charge in [0.2, 0.25) is 0 Å². The minimum absolute atomic E-state index is 0.229. The Labute approximate surface area is 254 Å². The Kier molecular flexibility index (Phi) is 18.3. The second-order valence-corrected chi connectivity index (χ2v) is 39.4. The van der Waals surface area contributed by atoms with Gasteiger partial charge in [-0.25, -0.2) is 0 Å². The average Bonchev–Trinajstić information content (AvgIpc) is 2.81. The van der Waals surface area contributed by atoms with Crippen molar-refractivity contribution in [2.45, 2.75) is 187 Å². The van der Waals surface area contributed by atoms with Gasteiger partial charge in [-0.2, -0.15) is 0 Å². The number of hydrogen-bond donors (Lipinski definition) is 0. The summed E-state index contributed by atoms with van der Waals surface area (Å²) in [6, 6.07) is 0. The van der Waals surface area contributed by atoms with E-state index in [9.17, 15) is 0 Å². The van der Waals surface area contributed by atoms with Gasteiger partial charge in [-0.3, -0.25) is 0 Å². The third-order valence-electron chi connectivity index (χ3n) is 10.4. The fourth-order valence-corrected chi connectivity index (χ4v) is 24.4. The first-order valence-corrected chi connectivity index (χ1v) is 30.7. The Hall–Kier alpha value is 0.892. The summed E-state index contributed by atoms with van der Waals surface area (Å²) in [5.74, 6) is 0.595. The second kappa shape index (κ2) is 17.9. The van der Waals surface area contributed by atoms with Gasteiger partial charge < -0.3 is 0 Å². The molecule has 0 aromatic carbocycles. The van der Waals surface area contributed by atoms with Gasteiger partial charge in [-0.05, 0) is 0 Å². The SMILES string of the molecule is C=C([CH2][Sn]([CH2]CCC)([CH2]CCC)[CH2]CCC)[C@@H](C)CC[C@@H](CCO[Si](C)(C)C(C)(C)C)O[Si](C)(C)C(C)(C)C. The Bertz CT molecular complexity index is 654. The fraction of sp³-hybridized carbons (Fsp3) is 0.941. The summed E-state index contributed by atoms with van der Waals surface area (Å²) in [4.78, 5) is 0. The van der Waals surface area contributed by atoms with Gasteiger partial charge in [0, 0.05) is 0 Å². The van der Waals surface area contributed by atoms with Crippen molar-refractivity contribution in [1.29, 1.82) is 0 Å². The van der Waals surface area contributed by atoms with E-state index in [1.807, 2.05) is 0 Å². The van der Waals surface area contributed by atoms with Gasteiger partial charge >= 0.3 is 256 Å². The third kappa shape index (κ3) is 14.8. The molecule has 0 saturated carbocycles.